The molecule has 0 saturated carbocycles. The molecule has 0 aliphatic rings. The van der Waals surface area contributed by atoms with Crippen LogP contribution in [-0.4, -0.2) is 22.2 Å². The molecule has 0 aliphatic heterocycles. The zero-order chi connectivity index (χ0) is 11.5. The number of carboxylic acid groups (broad SMARTS) is 1. The van der Waals surface area contributed by atoms with Crippen molar-refractivity contribution in [1.82, 2.24) is 0 Å². The molecule has 1 aromatic rings. The van der Waals surface area contributed by atoms with Gasteiger partial charge in [0, 0.05) is 6.42 Å². The molecule has 4 N–H and O–H groups in total. The van der Waals surface area contributed by atoms with Crippen molar-refractivity contribution in [2.75, 3.05) is 0 Å². The van der Waals surface area contributed by atoms with Crippen molar-refractivity contribution in [3.63, 3.8) is 0 Å². The molecule has 0 heterocycles. The lowest BCUT2D eigenvalue weighted by Crippen LogP contribution is -2.38. The van der Waals surface area contributed by atoms with Gasteiger partial charge in [-0.15, -0.1) is 0 Å². The van der Waals surface area contributed by atoms with Gasteiger partial charge in [0.1, 0.15) is 6.04 Å². The maximum atomic E-state index is 10.6. The third kappa shape index (κ3) is 3.04. The average molecular weight is 209 g/mol. The first kappa shape index (κ1) is 11.7. The highest BCUT2D eigenvalue weighted by Gasteiger charge is 2.28. The molecule has 2 atom stereocenters. The van der Waals surface area contributed by atoms with Crippen LogP contribution in [0.25, 0.3) is 0 Å². The van der Waals surface area contributed by atoms with E-state index in [-0.39, 0.29) is 6.42 Å². The van der Waals surface area contributed by atoms with Crippen molar-refractivity contribution in [1.29, 1.82) is 0 Å². The Hall–Kier alpha value is -1.39. The monoisotopic (exact) mass is 209 g/mol. The maximum Gasteiger partial charge on any atom is 0.320 e. The summed E-state index contributed by atoms with van der Waals surface area (Å²) in [5.74, 6) is -1.11. The van der Waals surface area contributed by atoms with E-state index in [1.54, 1.807) is 31.2 Å². The standard InChI is InChI=1S/C11H15NO3/c1-11(15,7-9(12)10(13)14)8-5-3-2-4-6-8/h2-6,9,15H,7,12H2,1H3,(H,13,14). The molecule has 0 fully saturated rings. The summed E-state index contributed by atoms with van der Waals surface area (Å²) in [7, 11) is 0. The van der Waals surface area contributed by atoms with Crippen LogP contribution in [-0.2, 0) is 10.4 Å². The van der Waals surface area contributed by atoms with Crippen LogP contribution in [0.5, 0.6) is 0 Å². The van der Waals surface area contributed by atoms with E-state index < -0.39 is 17.6 Å². The molecule has 15 heavy (non-hydrogen) atoms. The van der Waals surface area contributed by atoms with Crippen LogP contribution in [0.15, 0.2) is 30.3 Å². The van der Waals surface area contributed by atoms with E-state index in [4.69, 9.17) is 10.8 Å². The zero-order valence-corrected chi connectivity index (χ0v) is 8.55. The molecule has 82 valence electrons. The summed E-state index contributed by atoms with van der Waals surface area (Å²) in [5, 5.41) is 18.7. The number of aliphatic hydroxyl groups is 1. The average Bonchev–Trinajstić information content (AvgIpc) is 2.18. The molecule has 1 rings (SSSR count). The second-order valence-corrected chi connectivity index (χ2v) is 3.79. The van der Waals surface area contributed by atoms with Gasteiger partial charge in [0.25, 0.3) is 0 Å². The Balaban J connectivity index is 2.80. The topological polar surface area (TPSA) is 83.5 Å². The largest absolute Gasteiger partial charge is 0.480 e. The summed E-state index contributed by atoms with van der Waals surface area (Å²) >= 11 is 0. The van der Waals surface area contributed by atoms with E-state index in [1.807, 2.05) is 6.07 Å². The van der Waals surface area contributed by atoms with Gasteiger partial charge in [-0.05, 0) is 12.5 Å². The Morgan fingerprint density at radius 3 is 2.47 bits per heavy atom. The van der Waals surface area contributed by atoms with Crippen LogP contribution < -0.4 is 5.73 Å². The highest BCUT2D eigenvalue weighted by atomic mass is 16.4. The third-order valence-corrected chi connectivity index (χ3v) is 2.33. The zero-order valence-electron chi connectivity index (χ0n) is 8.55. The number of carboxylic acids is 1. The highest BCUT2D eigenvalue weighted by Crippen LogP contribution is 2.24. The van der Waals surface area contributed by atoms with E-state index >= 15 is 0 Å². The molecule has 0 aromatic heterocycles. The third-order valence-electron chi connectivity index (χ3n) is 2.33. The fourth-order valence-electron chi connectivity index (χ4n) is 1.43. The van der Waals surface area contributed by atoms with Crippen molar-refractivity contribution in [2.24, 2.45) is 5.73 Å². The number of nitrogens with two attached hydrogens (primary N) is 1. The summed E-state index contributed by atoms with van der Waals surface area (Å²) in [6.07, 6.45) is -0.00759. The Labute approximate surface area is 88.3 Å². The SMILES string of the molecule is CC(O)(CC(N)C(=O)O)c1ccccc1. The number of rotatable bonds is 4. The first-order valence-electron chi connectivity index (χ1n) is 4.70. The number of hydrogen-bond acceptors (Lipinski definition) is 3. The van der Waals surface area contributed by atoms with Crippen molar-refractivity contribution in [3.05, 3.63) is 35.9 Å². The van der Waals surface area contributed by atoms with Gasteiger partial charge in [-0.25, -0.2) is 0 Å². The molecule has 0 bridgehead atoms. The number of aliphatic carboxylic acids is 1. The molecule has 2 unspecified atom stereocenters. The van der Waals surface area contributed by atoms with Gasteiger partial charge in [0.05, 0.1) is 5.60 Å². The first-order chi connectivity index (χ1) is 6.93. The second kappa shape index (κ2) is 4.42. The molecule has 4 heteroatoms. The van der Waals surface area contributed by atoms with Gasteiger partial charge in [0.2, 0.25) is 0 Å². The Kier molecular flexibility index (Phi) is 3.44. The van der Waals surface area contributed by atoms with Crippen LogP contribution in [0.3, 0.4) is 0 Å². The lowest BCUT2D eigenvalue weighted by Gasteiger charge is -2.25. The van der Waals surface area contributed by atoms with Crippen molar-refractivity contribution in [2.45, 2.75) is 25.0 Å². The minimum atomic E-state index is -1.21. The lowest BCUT2D eigenvalue weighted by atomic mass is 9.89. The normalized spacial score (nSPS) is 16.7. The van der Waals surface area contributed by atoms with Crippen LogP contribution >= 0.6 is 0 Å². The maximum absolute atomic E-state index is 10.6. The summed E-state index contributed by atoms with van der Waals surface area (Å²) < 4.78 is 0. The molecule has 4 nitrogen and oxygen atoms in total. The second-order valence-electron chi connectivity index (χ2n) is 3.79. The first-order valence-corrected chi connectivity index (χ1v) is 4.70. The van der Waals surface area contributed by atoms with Crippen molar-refractivity contribution < 1.29 is 15.0 Å². The lowest BCUT2D eigenvalue weighted by molar-refractivity contribution is -0.140. The van der Waals surface area contributed by atoms with E-state index in [9.17, 15) is 9.90 Å². The minimum Gasteiger partial charge on any atom is -0.480 e. The van der Waals surface area contributed by atoms with Crippen LogP contribution in [0.2, 0.25) is 0 Å². The predicted octanol–water partition coefficient (Wildman–Crippen LogP) is 0.696. The number of hydrogen-bond donors (Lipinski definition) is 3. The van der Waals surface area contributed by atoms with Crippen molar-refractivity contribution in [3.8, 4) is 0 Å². The number of carbonyl (C=O) groups is 1. The molecule has 1 aromatic carbocycles. The van der Waals surface area contributed by atoms with Gasteiger partial charge in [-0.1, -0.05) is 30.3 Å². The van der Waals surface area contributed by atoms with E-state index in [0.29, 0.717) is 5.56 Å². The van der Waals surface area contributed by atoms with E-state index in [2.05, 4.69) is 0 Å². The Morgan fingerprint density at radius 1 is 1.47 bits per heavy atom. The quantitative estimate of drug-likeness (QED) is 0.681. The highest BCUT2D eigenvalue weighted by molar-refractivity contribution is 5.73. The van der Waals surface area contributed by atoms with Gasteiger partial charge < -0.3 is 15.9 Å². The van der Waals surface area contributed by atoms with Crippen LogP contribution in [0, 0.1) is 0 Å². The van der Waals surface area contributed by atoms with E-state index in [0.717, 1.165) is 0 Å². The smallest absolute Gasteiger partial charge is 0.320 e. The summed E-state index contributed by atoms with van der Waals surface area (Å²) in [5.41, 5.74) is 4.84. The van der Waals surface area contributed by atoms with Crippen LogP contribution in [0.1, 0.15) is 18.9 Å². The molecule has 0 radical (unpaired) electrons. The summed E-state index contributed by atoms with van der Waals surface area (Å²) in [6.45, 7) is 1.56. The Morgan fingerprint density at radius 2 is 2.00 bits per heavy atom. The minimum absolute atomic E-state index is 0.00759. The molecule has 0 spiro atoms. The number of benzene rings is 1. The Bertz CT molecular complexity index is 335. The van der Waals surface area contributed by atoms with Gasteiger partial charge >= 0.3 is 5.97 Å². The molecular weight excluding hydrogens is 194 g/mol. The molecule has 0 saturated heterocycles. The van der Waals surface area contributed by atoms with Crippen molar-refractivity contribution >= 4 is 5.97 Å². The summed E-state index contributed by atoms with van der Waals surface area (Å²) in [4.78, 5) is 10.6. The predicted molar refractivity (Wildman–Crippen MR) is 56.2 cm³/mol. The molecule has 0 aliphatic carbocycles. The van der Waals surface area contributed by atoms with Gasteiger partial charge in [-0.3, -0.25) is 4.79 Å². The fourth-order valence-corrected chi connectivity index (χ4v) is 1.43. The van der Waals surface area contributed by atoms with Gasteiger partial charge in [-0.2, -0.15) is 0 Å². The summed E-state index contributed by atoms with van der Waals surface area (Å²) in [6, 6.07) is 7.84. The molecular formula is C11H15NO3. The van der Waals surface area contributed by atoms with Gasteiger partial charge in [0.15, 0.2) is 0 Å². The van der Waals surface area contributed by atoms with Crippen LogP contribution in [0.4, 0.5) is 0 Å². The van der Waals surface area contributed by atoms with E-state index in [1.165, 1.54) is 0 Å². The fraction of sp³-hybridized carbons (Fsp3) is 0.364. The molecule has 0 amide bonds.